The first kappa shape index (κ1) is 16.2. The first-order valence-electron chi connectivity index (χ1n) is 8.06. The fourth-order valence-corrected chi connectivity index (χ4v) is 8.75. The SMILES string of the molecule is Cc1ccc(S(=O)(=O)N2C[C@H]3C[C@H]2CP3c2ccc(F)cc2)cc1. The largest absolute Gasteiger partial charge is 0.243 e. The highest BCUT2D eigenvalue weighted by molar-refractivity contribution is 7.89. The van der Waals surface area contributed by atoms with E-state index in [0.717, 1.165) is 18.1 Å². The van der Waals surface area contributed by atoms with Crippen molar-refractivity contribution in [3.05, 3.63) is 59.9 Å². The average molecular weight is 363 g/mol. The highest BCUT2D eigenvalue weighted by Crippen LogP contribution is 2.55. The Morgan fingerprint density at radius 2 is 1.75 bits per heavy atom. The fraction of sp³-hybridized carbons (Fsp3) is 0.333. The summed E-state index contributed by atoms with van der Waals surface area (Å²) in [5.41, 5.74) is 1.44. The van der Waals surface area contributed by atoms with Crippen LogP contribution in [0.25, 0.3) is 0 Å². The maximum absolute atomic E-state index is 13.1. The molecule has 0 aliphatic carbocycles. The van der Waals surface area contributed by atoms with Gasteiger partial charge in [0.15, 0.2) is 0 Å². The molecule has 3 atom stereocenters. The van der Waals surface area contributed by atoms with Gasteiger partial charge in [-0.05, 0) is 54.7 Å². The van der Waals surface area contributed by atoms with Gasteiger partial charge < -0.3 is 0 Å². The van der Waals surface area contributed by atoms with E-state index in [1.165, 1.54) is 17.4 Å². The molecular weight excluding hydrogens is 344 g/mol. The van der Waals surface area contributed by atoms with Gasteiger partial charge in [-0.15, -0.1) is 0 Å². The number of aryl methyl sites for hydroxylation is 1. The van der Waals surface area contributed by atoms with Gasteiger partial charge in [-0.25, -0.2) is 12.8 Å². The number of benzene rings is 2. The molecule has 24 heavy (non-hydrogen) atoms. The molecule has 0 spiro atoms. The van der Waals surface area contributed by atoms with E-state index in [-0.39, 0.29) is 19.8 Å². The summed E-state index contributed by atoms with van der Waals surface area (Å²) in [5, 5.41) is 1.19. The second-order valence-corrected chi connectivity index (χ2v) is 11.0. The Labute approximate surface area is 143 Å². The summed E-state index contributed by atoms with van der Waals surface area (Å²) in [6.07, 6.45) is 1.81. The number of halogens is 1. The molecule has 126 valence electrons. The lowest BCUT2D eigenvalue weighted by molar-refractivity contribution is 0.408. The van der Waals surface area contributed by atoms with Gasteiger partial charge >= 0.3 is 0 Å². The Morgan fingerprint density at radius 3 is 2.33 bits per heavy atom. The minimum atomic E-state index is -3.41. The Hall–Kier alpha value is -1.29. The van der Waals surface area contributed by atoms with Crippen LogP contribution in [-0.4, -0.2) is 37.1 Å². The monoisotopic (exact) mass is 363 g/mol. The average Bonchev–Trinajstić information content (AvgIpc) is 3.17. The lowest BCUT2D eigenvalue weighted by Gasteiger charge is -2.31. The van der Waals surface area contributed by atoms with Gasteiger partial charge in [-0.3, -0.25) is 0 Å². The predicted molar refractivity (Wildman–Crippen MR) is 95.1 cm³/mol. The molecule has 0 saturated carbocycles. The molecule has 2 heterocycles. The van der Waals surface area contributed by atoms with Crippen LogP contribution in [0, 0.1) is 12.7 Å². The zero-order valence-corrected chi connectivity index (χ0v) is 15.1. The molecule has 2 bridgehead atoms. The van der Waals surface area contributed by atoms with E-state index in [1.54, 1.807) is 16.4 Å². The number of sulfonamides is 1. The summed E-state index contributed by atoms with van der Waals surface area (Å²) in [4.78, 5) is 0.381. The Kier molecular flexibility index (Phi) is 3.98. The van der Waals surface area contributed by atoms with E-state index in [2.05, 4.69) is 0 Å². The Balaban J connectivity index is 1.55. The summed E-state index contributed by atoms with van der Waals surface area (Å²) in [7, 11) is -3.80. The number of nitrogens with zero attached hydrogens (tertiary/aromatic N) is 1. The van der Waals surface area contributed by atoms with Crippen LogP contribution in [0.4, 0.5) is 4.39 Å². The van der Waals surface area contributed by atoms with Crippen molar-refractivity contribution in [2.24, 2.45) is 0 Å². The molecule has 1 unspecified atom stereocenters. The molecule has 2 aliphatic rings. The highest BCUT2D eigenvalue weighted by Gasteiger charge is 2.49. The second kappa shape index (κ2) is 5.91. The minimum Gasteiger partial charge on any atom is -0.207 e. The topological polar surface area (TPSA) is 37.4 Å². The molecule has 2 aliphatic heterocycles. The molecule has 0 amide bonds. The van der Waals surface area contributed by atoms with Gasteiger partial charge in [0.1, 0.15) is 5.82 Å². The van der Waals surface area contributed by atoms with Crippen LogP contribution in [0.15, 0.2) is 53.4 Å². The quantitative estimate of drug-likeness (QED) is 0.786. The van der Waals surface area contributed by atoms with Crippen molar-refractivity contribution in [1.82, 2.24) is 4.31 Å². The molecule has 0 radical (unpaired) electrons. The zero-order valence-electron chi connectivity index (χ0n) is 13.4. The molecule has 2 aromatic rings. The number of hydrogen-bond acceptors (Lipinski definition) is 2. The molecule has 0 N–H and O–H groups in total. The van der Waals surface area contributed by atoms with Crippen LogP contribution in [-0.2, 0) is 10.0 Å². The Morgan fingerprint density at radius 1 is 1.08 bits per heavy atom. The minimum absolute atomic E-state index is 0.0810. The third-order valence-corrected chi connectivity index (χ3v) is 9.94. The normalized spacial score (nSPS) is 26.8. The van der Waals surface area contributed by atoms with Crippen molar-refractivity contribution in [3.63, 3.8) is 0 Å². The van der Waals surface area contributed by atoms with Crippen LogP contribution < -0.4 is 5.30 Å². The van der Waals surface area contributed by atoms with E-state index in [9.17, 15) is 12.8 Å². The number of fused-ring (bicyclic) bond motifs is 2. The van der Waals surface area contributed by atoms with E-state index >= 15 is 0 Å². The molecule has 6 heteroatoms. The molecule has 2 fully saturated rings. The van der Waals surface area contributed by atoms with Crippen molar-refractivity contribution >= 4 is 23.2 Å². The van der Waals surface area contributed by atoms with Gasteiger partial charge in [0, 0.05) is 12.6 Å². The van der Waals surface area contributed by atoms with Crippen LogP contribution in [0.5, 0.6) is 0 Å². The van der Waals surface area contributed by atoms with Crippen LogP contribution >= 0.6 is 7.92 Å². The standard InChI is InChI=1S/C18H19FNO2PS/c1-13-2-8-18(9-3-13)24(21,22)20-11-17-10-15(20)12-23(17)16-6-4-14(19)5-7-16/h2-9,15,17H,10-12H2,1H3/t15-,17+,23?/m0/s1. The summed E-state index contributed by atoms with van der Waals surface area (Å²) < 4.78 is 40.6. The molecule has 4 rings (SSSR count). The van der Waals surface area contributed by atoms with E-state index < -0.39 is 10.0 Å². The molecule has 3 nitrogen and oxygen atoms in total. The Bertz CT molecular complexity index is 852. The predicted octanol–water partition coefficient (Wildman–Crippen LogP) is 3.09. The van der Waals surface area contributed by atoms with Crippen molar-refractivity contribution < 1.29 is 12.8 Å². The maximum atomic E-state index is 13.1. The first-order valence-corrected chi connectivity index (χ1v) is 11.1. The maximum Gasteiger partial charge on any atom is 0.243 e. The van der Waals surface area contributed by atoms with Crippen molar-refractivity contribution in [1.29, 1.82) is 0 Å². The molecule has 2 aromatic carbocycles. The summed E-state index contributed by atoms with van der Waals surface area (Å²) in [6.45, 7) is 2.54. The fourth-order valence-electron chi connectivity index (χ4n) is 3.72. The molecule has 0 aromatic heterocycles. The molecule has 2 saturated heterocycles. The van der Waals surface area contributed by atoms with Gasteiger partial charge in [0.05, 0.1) is 4.90 Å². The van der Waals surface area contributed by atoms with Gasteiger partial charge in [0.2, 0.25) is 10.0 Å². The van der Waals surface area contributed by atoms with Crippen LogP contribution in [0.3, 0.4) is 0 Å². The summed E-state index contributed by atoms with van der Waals surface area (Å²) >= 11 is 0. The highest BCUT2D eigenvalue weighted by atomic mass is 32.2. The van der Waals surface area contributed by atoms with Crippen LogP contribution in [0.2, 0.25) is 0 Å². The van der Waals surface area contributed by atoms with Crippen molar-refractivity contribution in [3.8, 4) is 0 Å². The lowest BCUT2D eigenvalue weighted by atomic mass is 10.2. The number of hydrogen-bond donors (Lipinski definition) is 0. The van der Waals surface area contributed by atoms with Gasteiger partial charge in [-0.1, -0.05) is 37.8 Å². The van der Waals surface area contributed by atoms with E-state index in [1.807, 2.05) is 31.2 Å². The third kappa shape index (κ3) is 2.69. The third-order valence-electron chi connectivity index (χ3n) is 4.98. The van der Waals surface area contributed by atoms with Gasteiger partial charge in [-0.2, -0.15) is 4.31 Å². The summed E-state index contributed by atoms with van der Waals surface area (Å²) in [5.74, 6) is -0.221. The van der Waals surface area contributed by atoms with Gasteiger partial charge in [0.25, 0.3) is 0 Å². The van der Waals surface area contributed by atoms with E-state index in [0.29, 0.717) is 17.1 Å². The zero-order chi connectivity index (χ0) is 16.9. The smallest absolute Gasteiger partial charge is 0.207 e. The van der Waals surface area contributed by atoms with E-state index in [4.69, 9.17) is 0 Å². The lowest BCUT2D eigenvalue weighted by Crippen LogP contribution is -2.40. The van der Waals surface area contributed by atoms with Crippen molar-refractivity contribution in [2.75, 3.05) is 12.7 Å². The van der Waals surface area contributed by atoms with Crippen molar-refractivity contribution in [2.45, 2.75) is 29.9 Å². The summed E-state index contributed by atoms with van der Waals surface area (Å²) in [6, 6.07) is 13.9. The number of rotatable bonds is 3. The second-order valence-electron chi connectivity index (χ2n) is 6.56. The van der Waals surface area contributed by atoms with Crippen LogP contribution in [0.1, 0.15) is 12.0 Å². The molecular formula is C18H19FNO2PS. The first-order chi connectivity index (χ1) is 11.4.